The number of aliphatic carboxylic acids is 1. The predicted molar refractivity (Wildman–Crippen MR) is 69.2 cm³/mol. The number of carboxylic acid groups (broad SMARTS) is 1. The van der Waals surface area contributed by atoms with Gasteiger partial charge in [-0.25, -0.2) is 4.79 Å². The largest absolute Gasteiger partial charge is 0.494 e. The van der Waals surface area contributed by atoms with E-state index in [2.05, 4.69) is 10.3 Å². The first-order valence-electron chi connectivity index (χ1n) is 5.98. The van der Waals surface area contributed by atoms with Crippen LogP contribution in [-0.4, -0.2) is 34.6 Å². The molecule has 1 amide bonds. The summed E-state index contributed by atoms with van der Waals surface area (Å²) in [6.07, 6.45) is 3.86. The highest BCUT2D eigenvalue weighted by Gasteiger charge is 2.34. The Bertz CT molecular complexity index is 475. The van der Waals surface area contributed by atoms with Gasteiger partial charge in [0.05, 0.1) is 18.9 Å². The zero-order valence-corrected chi connectivity index (χ0v) is 11.3. The summed E-state index contributed by atoms with van der Waals surface area (Å²) < 4.78 is 5.03. The second-order valence-electron chi connectivity index (χ2n) is 4.42. The van der Waals surface area contributed by atoms with Crippen LogP contribution < -0.4 is 10.1 Å². The van der Waals surface area contributed by atoms with Crippen LogP contribution in [0, 0.1) is 0 Å². The zero-order valence-electron chi connectivity index (χ0n) is 11.3. The first kappa shape index (κ1) is 14.9. The van der Waals surface area contributed by atoms with Gasteiger partial charge in [0.2, 0.25) is 0 Å². The van der Waals surface area contributed by atoms with Crippen LogP contribution >= 0.6 is 0 Å². The van der Waals surface area contributed by atoms with Crippen molar-refractivity contribution in [2.75, 3.05) is 7.11 Å². The van der Waals surface area contributed by atoms with Crippen molar-refractivity contribution in [2.45, 2.75) is 32.2 Å². The van der Waals surface area contributed by atoms with E-state index in [-0.39, 0.29) is 5.56 Å². The number of nitrogens with one attached hydrogen (secondary N) is 1. The number of carboxylic acids is 1. The number of hydrogen-bond acceptors (Lipinski definition) is 4. The van der Waals surface area contributed by atoms with Crippen LogP contribution in [0.4, 0.5) is 0 Å². The van der Waals surface area contributed by atoms with E-state index in [1.54, 1.807) is 0 Å². The van der Waals surface area contributed by atoms with Gasteiger partial charge in [-0.3, -0.25) is 9.78 Å². The van der Waals surface area contributed by atoms with Gasteiger partial charge in [-0.05, 0) is 19.4 Å². The number of carbonyl (C=O) groups excluding carboxylic acids is 1. The number of methoxy groups -OCH3 is 1. The molecule has 0 aromatic carbocycles. The Labute approximate surface area is 111 Å². The molecule has 1 atom stereocenters. The number of aromatic nitrogens is 1. The van der Waals surface area contributed by atoms with Gasteiger partial charge in [0.15, 0.2) is 0 Å². The predicted octanol–water partition coefficient (Wildman–Crippen LogP) is 1.46. The van der Waals surface area contributed by atoms with Gasteiger partial charge in [0, 0.05) is 6.20 Å². The molecule has 1 aromatic heterocycles. The smallest absolute Gasteiger partial charge is 0.329 e. The fourth-order valence-corrected chi connectivity index (χ4v) is 1.77. The molecule has 0 spiro atoms. The van der Waals surface area contributed by atoms with E-state index >= 15 is 0 Å². The monoisotopic (exact) mass is 266 g/mol. The van der Waals surface area contributed by atoms with E-state index in [1.807, 2.05) is 6.92 Å². The third-order valence-electron chi connectivity index (χ3n) is 2.86. The number of hydrogen-bond donors (Lipinski definition) is 2. The number of carbonyl (C=O) groups is 2. The Hall–Kier alpha value is -2.11. The molecular formula is C13H18N2O4. The first-order valence-corrected chi connectivity index (χ1v) is 5.98. The maximum Gasteiger partial charge on any atom is 0.329 e. The molecule has 6 nitrogen and oxygen atoms in total. The van der Waals surface area contributed by atoms with Crippen molar-refractivity contribution in [3.05, 3.63) is 24.0 Å². The van der Waals surface area contributed by atoms with Gasteiger partial charge >= 0.3 is 5.97 Å². The second-order valence-corrected chi connectivity index (χ2v) is 4.42. The van der Waals surface area contributed by atoms with E-state index in [1.165, 1.54) is 32.5 Å². The van der Waals surface area contributed by atoms with E-state index in [0.29, 0.717) is 18.6 Å². The fourth-order valence-electron chi connectivity index (χ4n) is 1.77. The summed E-state index contributed by atoms with van der Waals surface area (Å²) >= 11 is 0. The molecule has 0 aliphatic carbocycles. The number of rotatable bonds is 6. The molecule has 0 aliphatic rings. The molecule has 0 fully saturated rings. The minimum Gasteiger partial charge on any atom is -0.494 e. The molecule has 2 N–H and O–H groups in total. The van der Waals surface area contributed by atoms with Crippen molar-refractivity contribution in [1.82, 2.24) is 10.3 Å². The molecule has 0 radical (unpaired) electrons. The number of ether oxygens (including phenoxy) is 1. The Morgan fingerprint density at radius 1 is 1.53 bits per heavy atom. The van der Waals surface area contributed by atoms with Gasteiger partial charge in [-0.1, -0.05) is 13.3 Å². The van der Waals surface area contributed by atoms with Crippen LogP contribution in [0.3, 0.4) is 0 Å². The lowest BCUT2D eigenvalue weighted by Crippen LogP contribution is -2.52. The van der Waals surface area contributed by atoms with Crippen LogP contribution in [0.1, 0.15) is 37.0 Å². The van der Waals surface area contributed by atoms with Crippen LogP contribution in [-0.2, 0) is 4.79 Å². The molecule has 0 saturated heterocycles. The van der Waals surface area contributed by atoms with Gasteiger partial charge in [0.25, 0.3) is 5.91 Å². The topological polar surface area (TPSA) is 88.5 Å². The lowest BCUT2D eigenvalue weighted by atomic mass is 9.96. The summed E-state index contributed by atoms with van der Waals surface area (Å²) in [4.78, 5) is 27.3. The molecular weight excluding hydrogens is 248 g/mol. The van der Waals surface area contributed by atoms with Gasteiger partial charge in [-0.2, -0.15) is 0 Å². The van der Waals surface area contributed by atoms with Crippen molar-refractivity contribution in [2.24, 2.45) is 0 Å². The molecule has 104 valence electrons. The van der Waals surface area contributed by atoms with Crippen molar-refractivity contribution >= 4 is 11.9 Å². The Kier molecular flexibility index (Phi) is 4.86. The van der Waals surface area contributed by atoms with Crippen molar-refractivity contribution in [3.8, 4) is 5.75 Å². The lowest BCUT2D eigenvalue weighted by molar-refractivity contribution is -0.144. The Morgan fingerprint density at radius 3 is 2.74 bits per heavy atom. The SMILES string of the molecule is CCCC(C)(NC(=O)c1ccncc1OC)C(=O)O. The number of nitrogens with zero attached hydrogens (tertiary/aromatic N) is 1. The van der Waals surface area contributed by atoms with E-state index in [9.17, 15) is 14.7 Å². The molecule has 19 heavy (non-hydrogen) atoms. The Morgan fingerprint density at radius 2 is 2.21 bits per heavy atom. The lowest BCUT2D eigenvalue weighted by Gasteiger charge is -2.26. The quantitative estimate of drug-likeness (QED) is 0.813. The summed E-state index contributed by atoms with van der Waals surface area (Å²) in [5, 5.41) is 11.8. The zero-order chi connectivity index (χ0) is 14.5. The van der Waals surface area contributed by atoms with Crippen molar-refractivity contribution in [1.29, 1.82) is 0 Å². The maximum absolute atomic E-state index is 12.1. The standard InChI is InChI=1S/C13H18N2O4/c1-4-6-13(2,12(17)18)15-11(16)9-5-7-14-8-10(9)19-3/h5,7-8H,4,6H2,1-3H3,(H,15,16)(H,17,18). The summed E-state index contributed by atoms with van der Waals surface area (Å²) in [6, 6.07) is 1.49. The molecule has 0 saturated carbocycles. The van der Waals surface area contributed by atoms with Crippen molar-refractivity contribution < 1.29 is 19.4 Å². The van der Waals surface area contributed by atoms with Crippen molar-refractivity contribution in [3.63, 3.8) is 0 Å². The molecule has 1 heterocycles. The summed E-state index contributed by atoms with van der Waals surface area (Å²) in [5.74, 6) is -1.24. The highest BCUT2D eigenvalue weighted by Crippen LogP contribution is 2.19. The highest BCUT2D eigenvalue weighted by molar-refractivity contribution is 5.99. The second kappa shape index (κ2) is 6.17. The summed E-state index contributed by atoms with van der Waals surface area (Å²) in [5.41, 5.74) is -1.03. The van der Waals surface area contributed by atoms with E-state index in [0.717, 1.165) is 0 Å². The number of pyridine rings is 1. The molecule has 6 heteroatoms. The summed E-state index contributed by atoms with van der Waals surface area (Å²) in [7, 11) is 1.43. The highest BCUT2D eigenvalue weighted by atomic mass is 16.5. The summed E-state index contributed by atoms with van der Waals surface area (Å²) in [6.45, 7) is 3.35. The van der Waals surface area contributed by atoms with Crippen LogP contribution in [0.25, 0.3) is 0 Å². The van der Waals surface area contributed by atoms with Gasteiger partial charge in [-0.15, -0.1) is 0 Å². The van der Waals surface area contributed by atoms with Crippen LogP contribution in [0.5, 0.6) is 5.75 Å². The number of amides is 1. The average molecular weight is 266 g/mol. The maximum atomic E-state index is 12.1. The third-order valence-corrected chi connectivity index (χ3v) is 2.86. The van der Waals surface area contributed by atoms with Crippen LogP contribution in [0.15, 0.2) is 18.5 Å². The van der Waals surface area contributed by atoms with Crippen LogP contribution in [0.2, 0.25) is 0 Å². The minimum atomic E-state index is -1.29. The van der Waals surface area contributed by atoms with Gasteiger partial charge < -0.3 is 15.2 Å². The molecule has 1 rings (SSSR count). The Balaban J connectivity index is 2.97. The average Bonchev–Trinajstić information content (AvgIpc) is 2.38. The minimum absolute atomic E-state index is 0.265. The molecule has 1 aromatic rings. The fraction of sp³-hybridized carbons (Fsp3) is 0.462. The molecule has 0 aliphatic heterocycles. The normalized spacial score (nSPS) is 13.4. The van der Waals surface area contributed by atoms with E-state index < -0.39 is 17.4 Å². The van der Waals surface area contributed by atoms with Gasteiger partial charge in [0.1, 0.15) is 11.3 Å². The first-order chi connectivity index (χ1) is 8.94. The van der Waals surface area contributed by atoms with E-state index in [4.69, 9.17) is 4.74 Å². The molecule has 1 unspecified atom stereocenters. The molecule has 0 bridgehead atoms. The third kappa shape index (κ3) is 3.43.